The Morgan fingerprint density at radius 1 is 1.10 bits per heavy atom. The van der Waals surface area contributed by atoms with Crippen molar-refractivity contribution in [3.8, 4) is 0 Å². The number of likely N-dealkylation sites (tertiary alicyclic amines) is 1. The summed E-state index contributed by atoms with van der Waals surface area (Å²) in [6, 6.07) is 10.7. The molecule has 1 aromatic rings. The van der Waals surface area contributed by atoms with Gasteiger partial charge in [0, 0.05) is 19.1 Å². The number of aliphatic hydroxyl groups excluding tert-OH is 1. The van der Waals surface area contributed by atoms with Crippen molar-refractivity contribution >= 4 is 0 Å². The standard InChI is InChI=1S/C17H25NO2/c19-17-9-5-4-8-16(17)18-11-10-15(12-18)20-13-14-6-2-1-3-7-14/h1-3,6-7,15-17,19H,4-5,8-13H2/t15-,16+,17?/m1/s1. The van der Waals surface area contributed by atoms with Gasteiger partial charge in [-0.1, -0.05) is 43.2 Å². The molecule has 1 aliphatic carbocycles. The SMILES string of the molecule is OC1CCCC[C@@H]1N1CC[C@@H](OCc2ccccc2)C1. The van der Waals surface area contributed by atoms with Gasteiger partial charge in [-0.2, -0.15) is 0 Å². The fourth-order valence-electron chi connectivity index (χ4n) is 3.50. The van der Waals surface area contributed by atoms with Crippen LogP contribution in [0.3, 0.4) is 0 Å². The number of hydrogen-bond donors (Lipinski definition) is 1. The van der Waals surface area contributed by atoms with Crippen molar-refractivity contribution in [2.45, 2.75) is 57.0 Å². The summed E-state index contributed by atoms with van der Waals surface area (Å²) in [5, 5.41) is 10.1. The van der Waals surface area contributed by atoms with E-state index in [-0.39, 0.29) is 6.10 Å². The van der Waals surface area contributed by atoms with Gasteiger partial charge in [-0.05, 0) is 24.8 Å². The second kappa shape index (κ2) is 6.70. The van der Waals surface area contributed by atoms with Crippen molar-refractivity contribution < 1.29 is 9.84 Å². The van der Waals surface area contributed by atoms with Crippen LogP contribution in [0.1, 0.15) is 37.7 Å². The summed E-state index contributed by atoms with van der Waals surface area (Å²) in [6.45, 7) is 2.75. The number of aliphatic hydroxyl groups is 1. The number of hydrogen-bond acceptors (Lipinski definition) is 3. The Labute approximate surface area is 121 Å². The maximum absolute atomic E-state index is 10.1. The van der Waals surface area contributed by atoms with Crippen molar-refractivity contribution in [1.82, 2.24) is 4.90 Å². The minimum atomic E-state index is -0.128. The van der Waals surface area contributed by atoms with E-state index < -0.39 is 0 Å². The van der Waals surface area contributed by atoms with E-state index in [4.69, 9.17) is 4.74 Å². The van der Waals surface area contributed by atoms with E-state index in [1.54, 1.807) is 0 Å². The molecule has 0 amide bonds. The Morgan fingerprint density at radius 2 is 1.90 bits per heavy atom. The van der Waals surface area contributed by atoms with Gasteiger partial charge in [-0.15, -0.1) is 0 Å². The summed E-state index contributed by atoms with van der Waals surface area (Å²) in [5.74, 6) is 0. The van der Waals surface area contributed by atoms with Crippen molar-refractivity contribution in [1.29, 1.82) is 0 Å². The molecule has 1 saturated carbocycles. The monoisotopic (exact) mass is 275 g/mol. The Balaban J connectivity index is 1.47. The maximum Gasteiger partial charge on any atom is 0.0721 e. The highest BCUT2D eigenvalue weighted by Gasteiger charge is 2.33. The predicted molar refractivity (Wildman–Crippen MR) is 79.5 cm³/mol. The van der Waals surface area contributed by atoms with Gasteiger partial charge in [0.15, 0.2) is 0 Å². The molecule has 1 aliphatic heterocycles. The normalized spacial score (nSPS) is 31.6. The third-order valence-electron chi connectivity index (χ3n) is 4.67. The lowest BCUT2D eigenvalue weighted by molar-refractivity contribution is 0.00967. The minimum Gasteiger partial charge on any atom is -0.391 e. The number of benzene rings is 1. The van der Waals surface area contributed by atoms with Crippen LogP contribution in [-0.4, -0.2) is 41.3 Å². The van der Waals surface area contributed by atoms with Crippen molar-refractivity contribution in [2.75, 3.05) is 13.1 Å². The van der Waals surface area contributed by atoms with Crippen molar-refractivity contribution in [2.24, 2.45) is 0 Å². The molecule has 3 atom stereocenters. The van der Waals surface area contributed by atoms with Gasteiger partial charge in [0.25, 0.3) is 0 Å². The Hall–Kier alpha value is -0.900. The van der Waals surface area contributed by atoms with Crippen LogP contribution in [0.2, 0.25) is 0 Å². The average Bonchev–Trinajstić information content (AvgIpc) is 2.95. The minimum absolute atomic E-state index is 0.128. The third-order valence-corrected chi connectivity index (χ3v) is 4.67. The molecule has 1 unspecified atom stereocenters. The van der Waals surface area contributed by atoms with E-state index in [9.17, 15) is 5.11 Å². The van der Waals surface area contributed by atoms with Crippen LogP contribution in [0, 0.1) is 0 Å². The molecule has 2 fully saturated rings. The van der Waals surface area contributed by atoms with Gasteiger partial charge in [0.1, 0.15) is 0 Å². The quantitative estimate of drug-likeness (QED) is 0.916. The molecule has 0 bridgehead atoms. The van der Waals surface area contributed by atoms with Gasteiger partial charge < -0.3 is 9.84 Å². The summed E-state index contributed by atoms with van der Waals surface area (Å²) < 4.78 is 6.02. The van der Waals surface area contributed by atoms with Crippen LogP contribution in [0.4, 0.5) is 0 Å². The average molecular weight is 275 g/mol. The van der Waals surface area contributed by atoms with Crippen molar-refractivity contribution in [3.63, 3.8) is 0 Å². The summed E-state index contributed by atoms with van der Waals surface area (Å²) in [6.07, 6.45) is 5.84. The first-order valence-corrected chi connectivity index (χ1v) is 7.90. The molecule has 1 heterocycles. The number of ether oxygens (including phenoxy) is 1. The first kappa shape index (κ1) is 14.1. The topological polar surface area (TPSA) is 32.7 Å². The molecule has 110 valence electrons. The Morgan fingerprint density at radius 3 is 2.70 bits per heavy atom. The Kier molecular flexibility index (Phi) is 4.71. The molecule has 3 rings (SSSR count). The van der Waals surface area contributed by atoms with Crippen LogP contribution in [-0.2, 0) is 11.3 Å². The summed E-state index contributed by atoms with van der Waals surface area (Å²) in [5.41, 5.74) is 1.24. The van der Waals surface area contributed by atoms with E-state index in [1.807, 2.05) is 6.07 Å². The van der Waals surface area contributed by atoms with E-state index in [0.29, 0.717) is 18.8 Å². The predicted octanol–water partition coefficient (Wildman–Crippen LogP) is 2.58. The molecular formula is C17H25NO2. The zero-order chi connectivity index (χ0) is 13.8. The second-order valence-electron chi connectivity index (χ2n) is 6.12. The molecule has 3 heteroatoms. The molecule has 20 heavy (non-hydrogen) atoms. The molecule has 3 nitrogen and oxygen atoms in total. The lowest BCUT2D eigenvalue weighted by Gasteiger charge is -2.35. The molecule has 0 radical (unpaired) electrons. The van der Waals surface area contributed by atoms with E-state index >= 15 is 0 Å². The molecule has 1 N–H and O–H groups in total. The smallest absolute Gasteiger partial charge is 0.0721 e. The Bertz CT molecular complexity index is 409. The van der Waals surface area contributed by atoms with Gasteiger partial charge in [0.05, 0.1) is 18.8 Å². The van der Waals surface area contributed by atoms with Crippen LogP contribution in [0.15, 0.2) is 30.3 Å². The zero-order valence-electron chi connectivity index (χ0n) is 12.1. The third kappa shape index (κ3) is 3.40. The van der Waals surface area contributed by atoms with Gasteiger partial charge in [-0.25, -0.2) is 0 Å². The number of nitrogens with zero attached hydrogens (tertiary/aromatic N) is 1. The molecule has 1 aromatic carbocycles. The highest BCUT2D eigenvalue weighted by atomic mass is 16.5. The van der Waals surface area contributed by atoms with Crippen LogP contribution in [0.25, 0.3) is 0 Å². The summed E-state index contributed by atoms with van der Waals surface area (Å²) in [7, 11) is 0. The summed E-state index contributed by atoms with van der Waals surface area (Å²) >= 11 is 0. The van der Waals surface area contributed by atoms with Gasteiger partial charge in [-0.3, -0.25) is 4.90 Å². The van der Waals surface area contributed by atoms with E-state index in [0.717, 1.165) is 32.4 Å². The molecule has 1 saturated heterocycles. The fraction of sp³-hybridized carbons (Fsp3) is 0.647. The van der Waals surface area contributed by atoms with E-state index in [1.165, 1.54) is 18.4 Å². The van der Waals surface area contributed by atoms with E-state index in [2.05, 4.69) is 29.2 Å². The van der Waals surface area contributed by atoms with Crippen molar-refractivity contribution in [3.05, 3.63) is 35.9 Å². The molecular weight excluding hydrogens is 250 g/mol. The van der Waals surface area contributed by atoms with Crippen LogP contribution >= 0.6 is 0 Å². The first-order valence-electron chi connectivity index (χ1n) is 7.90. The fourth-order valence-corrected chi connectivity index (χ4v) is 3.50. The molecule has 0 spiro atoms. The zero-order valence-corrected chi connectivity index (χ0v) is 12.1. The lowest BCUT2D eigenvalue weighted by atomic mass is 9.91. The largest absolute Gasteiger partial charge is 0.391 e. The number of rotatable bonds is 4. The maximum atomic E-state index is 10.1. The van der Waals surface area contributed by atoms with Crippen LogP contribution in [0.5, 0.6) is 0 Å². The van der Waals surface area contributed by atoms with Gasteiger partial charge >= 0.3 is 0 Å². The second-order valence-corrected chi connectivity index (χ2v) is 6.12. The first-order chi connectivity index (χ1) is 9.83. The molecule has 0 aromatic heterocycles. The molecule has 2 aliphatic rings. The van der Waals surface area contributed by atoms with Crippen LogP contribution < -0.4 is 0 Å². The highest BCUT2D eigenvalue weighted by molar-refractivity contribution is 5.13. The van der Waals surface area contributed by atoms with Gasteiger partial charge in [0.2, 0.25) is 0 Å². The summed E-state index contributed by atoms with van der Waals surface area (Å²) in [4.78, 5) is 2.44. The lowest BCUT2D eigenvalue weighted by Crippen LogP contribution is -2.44. The highest BCUT2D eigenvalue weighted by Crippen LogP contribution is 2.27.